The molecule has 1 atom stereocenters. The topological polar surface area (TPSA) is 81.2 Å². The van der Waals surface area contributed by atoms with Crippen LogP contribution in [0.25, 0.3) is 10.9 Å². The first kappa shape index (κ1) is 17.1. The molecular formula is C17H21BrN4O2. The van der Waals surface area contributed by atoms with E-state index >= 15 is 0 Å². The van der Waals surface area contributed by atoms with Crippen LogP contribution in [0.15, 0.2) is 33.8 Å². The average molecular weight is 393 g/mol. The lowest BCUT2D eigenvalue weighted by atomic mass is 9.91. The molecule has 1 aromatic heterocycles. The number of hydrogen-bond donors (Lipinski definition) is 1. The molecule has 1 fully saturated rings. The van der Waals surface area contributed by atoms with Crippen molar-refractivity contribution in [3.05, 3.63) is 39.4 Å². The standard InChI is InChI=1S/C17H21BrN4O2/c1-11(19)12-4-6-21(7-5-12)16(23)9-22-10-20-15-3-2-13(18)8-14(15)17(22)24/h2-3,8,10-12H,4-7,9,19H2,1H3. The van der Waals surface area contributed by atoms with E-state index in [4.69, 9.17) is 5.73 Å². The van der Waals surface area contributed by atoms with E-state index in [9.17, 15) is 9.59 Å². The minimum atomic E-state index is -0.194. The predicted molar refractivity (Wildman–Crippen MR) is 96.7 cm³/mol. The van der Waals surface area contributed by atoms with Gasteiger partial charge in [-0.1, -0.05) is 15.9 Å². The number of aromatic nitrogens is 2. The maximum absolute atomic E-state index is 12.6. The second-order valence-corrected chi connectivity index (χ2v) is 7.33. The summed E-state index contributed by atoms with van der Waals surface area (Å²) in [6.07, 6.45) is 3.29. The number of hydrogen-bond acceptors (Lipinski definition) is 4. The molecule has 0 saturated carbocycles. The van der Waals surface area contributed by atoms with E-state index in [0.29, 0.717) is 29.9 Å². The maximum atomic E-state index is 12.6. The Kier molecular flexibility index (Phi) is 5.01. The number of nitrogens with zero attached hydrogens (tertiary/aromatic N) is 3. The van der Waals surface area contributed by atoms with Crippen LogP contribution in [0.3, 0.4) is 0 Å². The molecule has 0 radical (unpaired) electrons. The molecule has 1 aliphatic rings. The number of carbonyl (C=O) groups excluding carboxylic acids is 1. The summed E-state index contributed by atoms with van der Waals surface area (Å²) in [4.78, 5) is 31.1. The zero-order valence-electron chi connectivity index (χ0n) is 13.6. The molecule has 1 saturated heterocycles. The highest BCUT2D eigenvalue weighted by Gasteiger charge is 2.25. The lowest BCUT2D eigenvalue weighted by molar-refractivity contribution is -0.133. The van der Waals surface area contributed by atoms with Gasteiger partial charge in [0.15, 0.2) is 0 Å². The molecule has 0 aliphatic carbocycles. The Balaban J connectivity index is 1.74. The first-order valence-electron chi connectivity index (χ1n) is 8.14. The minimum Gasteiger partial charge on any atom is -0.341 e. The predicted octanol–water partition coefficient (Wildman–Crippen LogP) is 1.74. The molecule has 0 spiro atoms. The molecule has 0 bridgehead atoms. The SMILES string of the molecule is CC(N)C1CCN(C(=O)Cn2cnc3ccc(Br)cc3c2=O)CC1. The number of likely N-dealkylation sites (tertiary alicyclic amines) is 1. The fourth-order valence-corrected chi connectivity index (χ4v) is 3.53. The maximum Gasteiger partial charge on any atom is 0.261 e. The van der Waals surface area contributed by atoms with Gasteiger partial charge in [-0.3, -0.25) is 14.2 Å². The number of fused-ring (bicyclic) bond motifs is 1. The molecule has 6 nitrogen and oxygen atoms in total. The van der Waals surface area contributed by atoms with Gasteiger partial charge in [-0.25, -0.2) is 4.98 Å². The van der Waals surface area contributed by atoms with Gasteiger partial charge < -0.3 is 10.6 Å². The molecule has 7 heteroatoms. The monoisotopic (exact) mass is 392 g/mol. The highest BCUT2D eigenvalue weighted by atomic mass is 79.9. The van der Waals surface area contributed by atoms with Crippen LogP contribution in [0.2, 0.25) is 0 Å². The van der Waals surface area contributed by atoms with E-state index in [0.717, 1.165) is 17.3 Å². The zero-order chi connectivity index (χ0) is 17.3. The molecule has 2 heterocycles. The normalized spacial score (nSPS) is 17.2. The second-order valence-electron chi connectivity index (χ2n) is 6.42. The van der Waals surface area contributed by atoms with Gasteiger partial charge in [-0.15, -0.1) is 0 Å². The molecule has 1 aromatic carbocycles. The van der Waals surface area contributed by atoms with Crippen molar-refractivity contribution < 1.29 is 4.79 Å². The molecule has 2 N–H and O–H groups in total. The van der Waals surface area contributed by atoms with Crippen molar-refractivity contribution in [1.29, 1.82) is 0 Å². The van der Waals surface area contributed by atoms with E-state index in [1.807, 2.05) is 17.9 Å². The summed E-state index contributed by atoms with van der Waals surface area (Å²) < 4.78 is 2.20. The summed E-state index contributed by atoms with van der Waals surface area (Å²) in [5.41, 5.74) is 6.37. The Labute approximate surface area is 148 Å². The van der Waals surface area contributed by atoms with Crippen LogP contribution < -0.4 is 11.3 Å². The van der Waals surface area contributed by atoms with Crippen molar-refractivity contribution in [1.82, 2.24) is 14.5 Å². The van der Waals surface area contributed by atoms with E-state index in [-0.39, 0.29) is 24.1 Å². The van der Waals surface area contributed by atoms with Crippen LogP contribution in [0.1, 0.15) is 19.8 Å². The average Bonchev–Trinajstić information content (AvgIpc) is 2.58. The zero-order valence-corrected chi connectivity index (χ0v) is 15.2. The summed E-state index contributed by atoms with van der Waals surface area (Å²) in [5.74, 6) is 0.424. The smallest absolute Gasteiger partial charge is 0.261 e. The summed E-state index contributed by atoms with van der Waals surface area (Å²) in [6, 6.07) is 5.52. The van der Waals surface area contributed by atoms with Crippen molar-refractivity contribution in [3.63, 3.8) is 0 Å². The van der Waals surface area contributed by atoms with Crippen LogP contribution in [0.5, 0.6) is 0 Å². The molecule has 2 aromatic rings. The third-order valence-corrected chi connectivity index (χ3v) is 5.22. The quantitative estimate of drug-likeness (QED) is 0.862. The fraction of sp³-hybridized carbons (Fsp3) is 0.471. The van der Waals surface area contributed by atoms with Crippen molar-refractivity contribution in [2.75, 3.05) is 13.1 Å². The van der Waals surface area contributed by atoms with Gasteiger partial charge in [0.1, 0.15) is 6.54 Å². The van der Waals surface area contributed by atoms with Gasteiger partial charge >= 0.3 is 0 Å². The summed E-state index contributed by atoms with van der Waals surface area (Å²) in [7, 11) is 0. The first-order valence-corrected chi connectivity index (χ1v) is 8.93. The van der Waals surface area contributed by atoms with E-state index in [1.54, 1.807) is 12.1 Å². The summed E-state index contributed by atoms with van der Waals surface area (Å²) >= 11 is 3.36. The Hall–Kier alpha value is -1.73. The number of amides is 1. The van der Waals surface area contributed by atoms with Crippen molar-refractivity contribution in [2.45, 2.75) is 32.4 Å². The highest BCUT2D eigenvalue weighted by Crippen LogP contribution is 2.20. The van der Waals surface area contributed by atoms with Crippen LogP contribution in [0.4, 0.5) is 0 Å². The Bertz CT molecular complexity index is 810. The highest BCUT2D eigenvalue weighted by molar-refractivity contribution is 9.10. The number of benzene rings is 1. The molecule has 128 valence electrons. The molecule has 1 aliphatic heterocycles. The third kappa shape index (κ3) is 3.52. The summed E-state index contributed by atoms with van der Waals surface area (Å²) in [6.45, 7) is 3.44. The number of nitrogens with two attached hydrogens (primary N) is 1. The van der Waals surface area contributed by atoms with Crippen LogP contribution in [-0.2, 0) is 11.3 Å². The van der Waals surface area contributed by atoms with Gasteiger partial charge in [-0.2, -0.15) is 0 Å². The molecular weight excluding hydrogens is 372 g/mol. The largest absolute Gasteiger partial charge is 0.341 e. The second kappa shape index (κ2) is 7.03. The van der Waals surface area contributed by atoms with Crippen molar-refractivity contribution in [2.24, 2.45) is 11.7 Å². The Morgan fingerprint density at radius 1 is 1.42 bits per heavy atom. The van der Waals surface area contributed by atoms with Gasteiger partial charge in [-0.05, 0) is 43.9 Å². The molecule has 1 amide bonds. The van der Waals surface area contributed by atoms with Crippen molar-refractivity contribution in [3.8, 4) is 0 Å². The molecule has 3 rings (SSSR count). The fourth-order valence-electron chi connectivity index (χ4n) is 3.16. The Morgan fingerprint density at radius 2 is 2.12 bits per heavy atom. The first-order chi connectivity index (χ1) is 11.5. The number of halogens is 1. The molecule has 24 heavy (non-hydrogen) atoms. The van der Waals surface area contributed by atoms with Crippen molar-refractivity contribution >= 4 is 32.7 Å². The third-order valence-electron chi connectivity index (χ3n) is 4.73. The minimum absolute atomic E-state index is 0.0249. The number of carbonyl (C=O) groups is 1. The van der Waals surface area contributed by atoms with E-state index in [1.165, 1.54) is 10.9 Å². The van der Waals surface area contributed by atoms with Gasteiger partial charge in [0, 0.05) is 23.6 Å². The van der Waals surface area contributed by atoms with Crippen LogP contribution in [0, 0.1) is 5.92 Å². The van der Waals surface area contributed by atoms with E-state index < -0.39 is 0 Å². The molecule has 1 unspecified atom stereocenters. The van der Waals surface area contributed by atoms with Crippen LogP contribution in [-0.4, -0.2) is 39.5 Å². The van der Waals surface area contributed by atoms with Gasteiger partial charge in [0.05, 0.1) is 17.2 Å². The van der Waals surface area contributed by atoms with Gasteiger partial charge in [0.25, 0.3) is 5.56 Å². The number of rotatable bonds is 3. The lowest BCUT2D eigenvalue weighted by Gasteiger charge is -2.33. The Morgan fingerprint density at radius 3 is 2.79 bits per heavy atom. The van der Waals surface area contributed by atoms with Crippen LogP contribution >= 0.6 is 15.9 Å². The lowest BCUT2D eigenvalue weighted by Crippen LogP contribution is -2.44. The number of piperidine rings is 1. The summed E-state index contributed by atoms with van der Waals surface area (Å²) in [5, 5.41) is 0.510. The van der Waals surface area contributed by atoms with E-state index in [2.05, 4.69) is 20.9 Å². The van der Waals surface area contributed by atoms with Gasteiger partial charge in [0.2, 0.25) is 5.91 Å².